The summed E-state index contributed by atoms with van der Waals surface area (Å²) in [6.45, 7) is 14.4. The first-order valence-electron chi connectivity index (χ1n) is 8.76. The Morgan fingerprint density at radius 3 is 2.59 bits per heavy atom. The van der Waals surface area contributed by atoms with Gasteiger partial charge >= 0.3 is 0 Å². The van der Waals surface area contributed by atoms with Crippen LogP contribution in [0.5, 0.6) is 0 Å². The van der Waals surface area contributed by atoms with Crippen molar-refractivity contribution in [2.45, 2.75) is 64.6 Å². The molecule has 2 rings (SSSR count). The summed E-state index contributed by atoms with van der Waals surface area (Å²) in [5.74, 6) is 0.114. The predicted molar refractivity (Wildman–Crippen MR) is 89.0 cm³/mol. The first-order valence-corrected chi connectivity index (χ1v) is 8.76. The minimum absolute atomic E-state index is 0.0334. The van der Waals surface area contributed by atoms with Crippen LogP contribution in [0.2, 0.25) is 0 Å². The molecule has 0 saturated carbocycles. The molecule has 5 nitrogen and oxygen atoms in total. The Bertz CT molecular complexity index is 365. The third-order valence-electron chi connectivity index (χ3n) is 4.99. The first kappa shape index (κ1) is 17.7. The molecule has 5 heteroatoms. The van der Waals surface area contributed by atoms with Crippen LogP contribution in [0.1, 0.15) is 47.0 Å². The van der Waals surface area contributed by atoms with Crippen LogP contribution in [0.25, 0.3) is 0 Å². The monoisotopic (exact) mass is 311 g/mol. The van der Waals surface area contributed by atoms with Crippen molar-refractivity contribution in [1.29, 1.82) is 0 Å². The van der Waals surface area contributed by atoms with Gasteiger partial charge in [0.05, 0.1) is 19.1 Å². The van der Waals surface area contributed by atoms with Crippen LogP contribution < -0.4 is 5.32 Å². The van der Waals surface area contributed by atoms with Crippen molar-refractivity contribution in [1.82, 2.24) is 15.1 Å². The fourth-order valence-electron chi connectivity index (χ4n) is 3.36. The molecule has 128 valence electrons. The zero-order valence-corrected chi connectivity index (χ0v) is 14.7. The second-order valence-electron chi connectivity index (χ2n) is 7.57. The molecule has 0 aliphatic carbocycles. The summed E-state index contributed by atoms with van der Waals surface area (Å²) in [7, 11) is 0. The van der Waals surface area contributed by atoms with Gasteiger partial charge in [0.25, 0.3) is 0 Å². The average Bonchev–Trinajstić information content (AvgIpc) is 3.00. The van der Waals surface area contributed by atoms with Gasteiger partial charge < -0.3 is 10.1 Å². The molecule has 1 N–H and O–H groups in total. The summed E-state index contributed by atoms with van der Waals surface area (Å²) in [6, 6.07) is 0.517. The Morgan fingerprint density at radius 1 is 1.27 bits per heavy atom. The van der Waals surface area contributed by atoms with E-state index in [1.807, 2.05) is 0 Å². The summed E-state index contributed by atoms with van der Waals surface area (Å²) in [6.07, 6.45) is 3.06. The molecule has 0 aromatic heterocycles. The number of ether oxygens (including phenoxy) is 1. The smallest absolute Gasteiger partial charge is 0.222 e. The minimum atomic E-state index is 0.0334. The highest BCUT2D eigenvalue weighted by atomic mass is 16.5. The molecule has 0 aromatic rings. The van der Waals surface area contributed by atoms with E-state index in [1.165, 1.54) is 12.8 Å². The Balaban J connectivity index is 1.73. The van der Waals surface area contributed by atoms with Gasteiger partial charge in [-0.2, -0.15) is 0 Å². The lowest BCUT2D eigenvalue weighted by atomic mass is 10.0. The molecular formula is C17H33N3O2. The third-order valence-corrected chi connectivity index (χ3v) is 4.99. The Morgan fingerprint density at radius 2 is 1.95 bits per heavy atom. The van der Waals surface area contributed by atoms with Crippen molar-refractivity contribution >= 4 is 5.91 Å². The van der Waals surface area contributed by atoms with E-state index in [1.54, 1.807) is 0 Å². The molecule has 1 amide bonds. The third kappa shape index (κ3) is 4.93. The van der Waals surface area contributed by atoms with Crippen molar-refractivity contribution in [2.24, 2.45) is 0 Å². The first-order chi connectivity index (χ1) is 10.4. The van der Waals surface area contributed by atoms with E-state index in [-0.39, 0.29) is 17.6 Å². The molecule has 2 saturated heterocycles. The highest BCUT2D eigenvalue weighted by molar-refractivity contribution is 5.76. The maximum Gasteiger partial charge on any atom is 0.222 e. The van der Waals surface area contributed by atoms with Gasteiger partial charge in [0, 0.05) is 31.2 Å². The average molecular weight is 311 g/mol. The van der Waals surface area contributed by atoms with E-state index in [2.05, 4.69) is 42.8 Å². The predicted octanol–water partition coefficient (Wildman–Crippen LogP) is 1.48. The molecule has 2 aliphatic rings. The standard InChI is InChI=1S/C17H33N3O2/c1-14(2)19-9-10-22-15(12-19)11-16(21)18-13-17(3,4)20-7-5-6-8-20/h14-15H,5-13H2,1-4H3,(H,18,21). The number of carbonyl (C=O) groups is 1. The second kappa shape index (κ2) is 7.75. The number of rotatable bonds is 6. The van der Waals surface area contributed by atoms with Gasteiger partial charge in [0.1, 0.15) is 0 Å². The van der Waals surface area contributed by atoms with Crippen molar-refractivity contribution < 1.29 is 9.53 Å². The van der Waals surface area contributed by atoms with Crippen LogP contribution in [0.4, 0.5) is 0 Å². The number of hydrogen-bond acceptors (Lipinski definition) is 4. The van der Waals surface area contributed by atoms with Gasteiger partial charge in [0.2, 0.25) is 5.91 Å². The summed E-state index contributed by atoms with van der Waals surface area (Å²) in [5.41, 5.74) is 0.0452. The van der Waals surface area contributed by atoms with E-state index in [9.17, 15) is 4.79 Å². The van der Waals surface area contributed by atoms with Crippen molar-refractivity contribution in [2.75, 3.05) is 39.3 Å². The Kier molecular flexibility index (Phi) is 6.24. The highest BCUT2D eigenvalue weighted by Gasteiger charge is 2.30. The van der Waals surface area contributed by atoms with Crippen molar-refractivity contribution in [3.63, 3.8) is 0 Å². The molecule has 0 spiro atoms. The van der Waals surface area contributed by atoms with Crippen LogP contribution >= 0.6 is 0 Å². The van der Waals surface area contributed by atoms with Crippen LogP contribution in [-0.4, -0.2) is 72.7 Å². The lowest BCUT2D eigenvalue weighted by Gasteiger charge is -2.37. The van der Waals surface area contributed by atoms with E-state index in [4.69, 9.17) is 4.74 Å². The molecule has 1 atom stereocenters. The van der Waals surface area contributed by atoms with E-state index < -0.39 is 0 Å². The Hall–Kier alpha value is -0.650. The number of hydrogen-bond donors (Lipinski definition) is 1. The number of nitrogens with zero attached hydrogens (tertiary/aromatic N) is 2. The number of likely N-dealkylation sites (tertiary alicyclic amines) is 1. The summed E-state index contributed by atoms with van der Waals surface area (Å²) >= 11 is 0. The minimum Gasteiger partial charge on any atom is -0.375 e. The second-order valence-corrected chi connectivity index (χ2v) is 7.57. The normalized spacial score (nSPS) is 24.9. The van der Waals surface area contributed by atoms with Gasteiger partial charge in [-0.1, -0.05) is 0 Å². The van der Waals surface area contributed by atoms with E-state index in [0.717, 1.165) is 32.8 Å². The maximum atomic E-state index is 12.2. The van der Waals surface area contributed by atoms with Gasteiger partial charge in [0.15, 0.2) is 0 Å². The topological polar surface area (TPSA) is 44.8 Å². The number of morpholine rings is 1. The molecule has 2 heterocycles. The van der Waals surface area contributed by atoms with Crippen LogP contribution in [0, 0.1) is 0 Å². The largest absolute Gasteiger partial charge is 0.375 e. The van der Waals surface area contributed by atoms with Crippen molar-refractivity contribution in [3.8, 4) is 0 Å². The van der Waals surface area contributed by atoms with E-state index >= 15 is 0 Å². The summed E-state index contributed by atoms with van der Waals surface area (Å²) < 4.78 is 5.75. The number of nitrogens with one attached hydrogen (secondary N) is 1. The van der Waals surface area contributed by atoms with Gasteiger partial charge in [-0.15, -0.1) is 0 Å². The molecule has 22 heavy (non-hydrogen) atoms. The lowest BCUT2D eigenvalue weighted by Crippen LogP contribution is -2.51. The highest BCUT2D eigenvalue weighted by Crippen LogP contribution is 2.20. The Labute approximate surface area is 135 Å². The van der Waals surface area contributed by atoms with Gasteiger partial charge in [-0.3, -0.25) is 14.6 Å². The van der Waals surface area contributed by atoms with Gasteiger partial charge in [-0.25, -0.2) is 0 Å². The number of carbonyl (C=O) groups excluding carboxylic acids is 1. The fourth-order valence-corrected chi connectivity index (χ4v) is 3.36. The molecule has 1 unspecified atom stereocenters. The zero-order valence-electron chi connectivity index (χ0n) is 14.7. The van der Waals surface area contributed by atoms with Crippen LogP contribution in [0.15, 0.2) is 0 Å². The summed E-state index contributed by atoms with van der Waals surface area (Å²) in [5, 5.41) is 3.11. The quantitative estimate of drug-likeness (QED) is 0.807. The number of amides is 1. The van der Waals surface area contributed by atoms with Crippen LogP contribution in [0.3, 0.4) is 0 Å². The van der Waals surface area contributed by atoms with Crippen molar-refractivity contribution in [3.05, 3.63) is 0 Å². The molecular weight excluding hydrogens is 278 g/mol. The molecule has 0 radical (unpaired) electrons. The lowest BCUT2D eigenvalue weighted by molar-refractivity contribution is -0.127. The fraction of sp³-hybridized carbons (Fsp3) is 0.941. The van der Waals surface area contributed by atoms with Crippen LogP contribution in [-0.2, 0) is 9.53 Å². The molecule has 0 bridgehead atoms. The maximum absolute atomic E-state index is 12.2. The molecule has 2 aliphatic heterocycles. The molecule has 0 aromatic carbocycles. The molecule has 2 fully saturated rings. The summed E-state index contributed by atoms with van der Waals surface area (Å²) in [4.78, 5) is 17.1. The van der Waals surface area contributed by atoms with E-state index in [0.29, 0.717) is 19.0 Å². The van der Waals surface area contributed by atoms with Gasteiger partial charge in [-0.05, 0) is 53.6 Å². The SMILES string of the molecule is CC(C)N1CCOC(CC(=O)NCC(C)(C)N2CCCC2)C1. The zero-order chi connectivity index (χ0) is 16.2.